The lowest BCUT2D eigenvalue weighted by Gasteiger charge is -2.14. The SMILES string of the molecule is CCCC(=O)O[C@H](C)CC(=O)Oc1ccc(/C=C/C(=O)CC(=O)/C=C/c2cc[c]c(OC)c2)cc1OC. The number of methoxy groups -OCH3 is 2. The maximum atomic E-state index is 12.2. The molecule has 0 aromatic heterocycles. The molecule has 0 unspecified atom stereocenters. The Balaban J connectivity index is 1.92. The maximum absolute atomic E-state index is 12.2. The van der Waals surface area contributed by atoms with Crippen molar-refractivity contribution in [3.05, 3.63) is 65.7 Å². The summed E-state index contributed by atoms with van der Waals surface area (Å²) in [5.74, 6) is -0.615. The van der Waals surface area contributed by atoms with E-state index in [1.54, 1.807) is 49.4 Å². The highest BCUT2D eigenvalue weighted by Crippen LogP contribution is 2.29. The zero-order valence-corrected chi connectivity index (χ0v) is 21.4. The van der Waals surface area contributed by atoms with Crippen LogP contribution in [0, 0.1) is 6.07 Å². The highest BCUT2D eigenvalue weighted by atomic mass is 16.6. The first kappa shape index (κ1) is 29.0. The van der Waals surface area contributed by atoms with Gasteiger partial charge in [0.15, 0.2) is 23.1 Å². The van der Waals surface area contributed by atoms with Gasteiger partial charge >= 0.3 is 11.9 Å². The van der Waals surface area contributed by atoms with Crippen LogP contribution in [0.25, 0.3) is 12.2 Å². The van der Waals surface area contributed by atoms with E-state index in [2.05, 4.69) is 6.07 Å². The Morgan fingerprint density at radius 2 is 1.57 bits per heavy atom. The van der Waals surface area contributed by atoms with E-state index >= 15 is 0 Å². The molecule has 8 nitrogen and oxygen atoms in total. The van der Waals surface area contributed by atoms with Crippen LogP contribution in [-0.4, -0.2) is 43.8 Å². The minimum atomic E-state index is -0.614. The minimum absolute atomic E-state index is 0.104. The van der Waals surface area contributed by atoms with Gasteiger partial charge in [0.25, 0.3) is 0 Å². The standard InChI is InChI=1S/C29H31O8/c1-5-7-28(32)36-20(2)16-29(33)37-26-15-12-22(18-27(26)35-4)11-14-24(31)19-23(30)13-10-21-8-6-9-25(17-21)34-3/h6,8,10-15,17-18,20H,5,7,16,19H2,1-4H3/b13-10+,14-11+/t20-/m1/s1. The van der Waals surface area contributed by atoms with Crippen LogP contribution >= 0.6 is 0 Å². The molecule has 0 amide bonds. The first-order chi connectivity index (χ1) is 17.7. The minimum Gasteiger partial charge on any atom is -0.496 e. The monoisotopic (exact) mass is 507 g/mol. The van der Waals surface area contributed by atoms with Crippen LogP contribution in [-0.2, 0) is 23.9 Å². The van der Waals surface area contributed by atoms with Gasteiger partial charge in [-0.2, -0.15) is 0 Å². The molecule has 0 fully saturated rings. The second-order valence-corrected chi connectivity index (χ2v) is 8.11. The van der Waals surface area contributed by atoms with Crippen molar-refractivity contribution in [2.75, 3.05) is 14.2 Å². The van der Waals surface area contributed by atoms with Crippen LogP contribution in [0.15, 0.2) is 48.6 Å². The number of rotatable bonds is 14. The van der Waals surface area contributed by atoms with Crippen LogP contribution in [0.2, 0.25) is 0 Å². The molecule has 1 atom stereocenters. The van der Waals surface area contributed by atoms with Crippen molar-refractivity contribution in [1.82, 2.24) is 0 Å². The molecule has 37 heavy (non-hydrogen) atoms. The summed E-state index contributed by atoms with van der Waals surface area (Å²) >= 11 is 0. The van der Waals surface area contributed by atoms with Gasteiger partial charge in [-0.25, -0.2) is 0 Å². The number of ether oxygens (including phenoxy) is 4. The third-order valence-electron chi connectivity index (χ3n) is 4.94. The molecule has 0 saturated heterocycles. The molecule has 1 radical (unpaired) electrons. The van der Waals surface area contributed by atoms with Crippen molar-refractivity contribution in [1.29, 1.82) is 0 Å². The van der Waals surface area contributed by atoms with E-state index in [4.69, 9.17) is 18.9 Å². The van der Waals surface area contributed by atoms with Crippen LogP contribution in [0.4, 0.5) is 0 Å². The summed E-state index contributed by atoms with van der Waals surface area (Å²) in [6.45, 7) is 3.48. The molecule has 2 aromatic rings. The molecule has 0 bridgehead atoms. The fourth-order valence-corrected chi connectivity index (χ4v) is 3.15. The smallest absolute Gasteiger partial charge is 0.315 e. The first-order valence-electron chi connectivity index (χ1n) is 11.8. The number of hydrogen-bond acceptors (Lipinski definition) is 8. The van der Waals surface area contributed by atoms with Gasteiger partial charge in [0.05, 0.1) is 27.1 Å². The van der Waals surface area contributed by atoms with E-state index in [0.717, 1.165) is 5.56 Å². The predicted octanol–water partition coefficient (Wildman–Crippen LogP) is 4.79. The lowest BCUT2D eigenvalue weighted by molar-refractivity contribution is -0.151. The average Bonchev–Trinajstić information content (AvgIpc) is 2.86. The van der Waals surface area contributed by atoms with Gasteiger partial charge in [0.1, 0.15) is 11.9 Å². The number of ketones is 2. The summed E-state index contributed by atoms with van der Waals surface area (Å²) in [6.07, 6.45) is 5.75. The van der Waals surface area contributed by atoms with Crippen LogP contribution < -0.4 is 14.2 Å². The number of carbonyl (C=O) groups is 4. The first-order valence-corrected chi connectivity index (χ1v) is 11.8. The Hall–Kier alpha value is -4.20. The zero-order valence-electron chi connectivity index (χ0n) is 21.4. The van der Waals surface area contributed by atoms with Gasteiger partial charge in [-0.15, -0.1) is 0 Å². The number of benzene rings is 2. The van der Waals surface area contributed by atoms with Gasteiger partial charge in [0.2, 0.25) is 0 Å². The fourth-order valence-electron chi connectivity index (χ4n) is 3.15. The fraction of sp³-hybridized carbons (Fsp3) is 0.310. The van der Waals surface area contributed by atoms with E-state index in [1.165, 1.54) is 32.4 Å². The van der Waals surface area contributed by atoms with E-state index in [-0.39, 0.29) is 48.3 Å². The topological polar surface area (TPSA) is 105 Å². The summed E-state index contributed by atoms with van der Waals surface area (Å²) in [4.78, 5) is 48.2. The van der Waals surface area contributed by atoms with Crippen molar-refractivity contribution in [2.24, 2.45) is 0 Å². The maximum Gasteiger partial charge on any atom is 0.315 e. The number of carbonyl (C=O) groups excluding carboxylic acids is 4. The highest BCUT2D eigenvalue weighted by Gasteiger charge is 2.17. The van der Waals surface area contributed by atoms with Crippen LogP contribution in [0.5, 0.6) is 17.2 Å². The molecule has 2 aromatic carbocycles. The van der Waals surface area contributed by atoms with Crippen molar-refractivity contribution >= 4 is 35.7 Å². The molecule has 0 aliphatic carbocycles. The molecule has 0 saturated carbocycles. The molecular weight excluding hydrogens is 476 g/mol. The normalized spacial score (nSPS) is 11.8. The summed E-state index contributed by atoms with van der Waals surface area (Å²) in [5, 5.41) is 0. The van der Waals surface area contributed by atoms with Crippen LogP contribution in [0.1, 0.15) is 50.7 Å². The molecule has 0 aliphatic heterocycles. The van der Waals surface area contributed by atoms with Gasteiger partial charge in [-0.05, 0) is 60.9 Å². The summed E-state index contributed by atoms with van der Waals surface area (Å²) < 4.78 is 20.9. The van der Waals surface area contributed by atoms with Crippen LogP contribution in [0.3, 0.4) is 0 Å². The summed E-state index contributed by atoms with van der Waals surface area (Å²) in [5.41, 5.74) is 1.37. The third-order valence-corrected chi connectivity index (χ3v) is 4.94. The quantitative estimate of drug-likeness (QED) is 0.156. The van der Waals surface area contributed by atoms with E-state index in [9.17, 15) is 19.2 Å². The number of allylic oxidation sites excluding steroid dienone is 2. The predicted molar refractivity (Wildman–Crippen MR) is 138 cm³/mol. The van der Waals surface area contributed by atoms with Gasteiger partial charge in [-0.1, -0.05) is 31.2 Å². The van der Waals surface area contributed by atoms with Crippen molar-refractivity contribution in [2.45, 2.75) is 45.6 Å². The molecule has 0 spiro atoms. The Morgan fingerprint density at radius 1 is 0.892 bits per heavy atom. The average molecular weight is 508 g/mol. The largest absolute Gasteiger partial charge is 0.496 e. The lowest BCUT2D eigenvalue weighted by atomic mass is 10.1. The van der Waals surface area contributed by atoms with Crippen molar-refractivity contribution in [3.63, 3.8) is 0 Å². The Kier molecular flexibility index (Phi) is 11.8. The molecule has 2 rings (SSSR count). The second-order valence-electron chi connectivity index (χ2n) is 8.11. The Bertz CT molecular complexity index is 1160. The van der Waals surface area contributed by atoms with Crippen molar-refractivity contribution in [3.8, 4) is 17.2 Å². The van der Waals surface area contributed by atoms with Gasteiger partial charge < -0.3 is 18.9 Å². The number of hydrogen-bond donors (Lipinski definition) is 0. The number of esters is 2. The molecule has 0 heterocycles. The summed E-state index contributed by atoms with van der Waals surface area (Å²) in [7, 11) is 2.95. The Labute approximate surface area is 216 Å². The van der Waals surface area contributed by atoms with Gasteiger partial charge in [-0.3, -0.25) is 19.2 Å². The zero-order chi connectivity index (χ0) is 27.2. The third kappa shape index (κ3) is 10.5. The summed E-state index contributed by atoms with van der Waals surface area (Å²) in [6, 6.07) is 12.8. The second kappa shape index (κ2) is 15.0. The molecule has 195 valence electrons. The molecule has 0 N–H and O–H groups in total. The Morgan fingerprint density at radius 3 is 2.19 bits per heavy atom. The lowest BCUT2D eigenvalue weighted by Crippen LogP contribution is -2.21. The van der Waals surface area contributed by atoms with Gasteiger partial charge in [0, 0.05) is 12.5 Å². The molecule has 0 aliphatic rings. The van der Waals surface area contributed by atoms with Crippen molar-refractivity contribution < 1.29 is 38.1 Å². The van der Waals surface area contributed by atoms with E-state index < -0.39 is 12.1 Å². The van der Waals surface area contributed by atoms with E-state index in [0.29, 0.717) is 17.7 Å². The molecule has 8 heteroatoms. The highest BCUT2D eigenvalue weighted by molar-refractivity contribution is 6.10. The molecular formula is C29H31O8. The van der Waals surface area contributed by atoms with E-state index in [1.807, 2.05) is 6.92 Å².